The molecule has 0 saturated heterocycles. The molecule has 0 aromatic rings. The number of hydrogen-bond donors (Lipinski definition) is 0. The van der Waals surface area contributed by atoms with Gasteiger partial charge < -0.3 is 4.79 Å². The number of aldehydes is 1. The van der Waals surface area contributed by atoms with Crippen molar-refractivity contribution in [1.82, 2.24) is 0 Å². The summed E-state index contributed by atoms with van der Waals surface area (Å²) in [6.07, 6.45) is 7.92. The van der Waals surface area contributed by atoms with Gasteiger partial charge in [-0.1, -0.05) is 20.8 Å². The van der Waals surface area contributed by atoms with Crippen LogP contribution in [0.2, 0.25) is 0 Å². The lowest BCUT2D eigenvalue weighted by atomic mass is 9.66. The van der Waals surface area contributed by atoms with Gasteiger partial charge in [-0.25, -0.2) is 0 Å². The molecule has 16 heavy (non-hydrogen) atoms. The van der Waals surface area contributed by atoms with Crippen LogP contribution in [0.5, 0.6) is 0 Å². The summed E-state index contributed by atoms with van der Waals surface area (Å²) in [5, 5.41) is 0. The first kappa shape index (κ1) is 10.8. The summed E-state index contributed by atoms with van der Waals surface area (Å²) in [6.45, 7) is 7.33. The molecule has 0 aromatic heterocycles. The van der Waals surface area contributed by atoms with Crippen molar-refractivity contribution >= 4 is 6.29 Å². The Balaban J connectivity index is 2.03. The van der Waals surface area contributed by atoms with Crippen molar-refractivity contribution in [3.05, 3.63) is 0 Å². The van der Waals surface area contributed by atoms with Gasteiger partial charge in [-0.05, 0) is 60.7 Å². The maximum atomic E-state index is 11.2. The minimum atomic E-state index is 0.360. The van der Waals surface area contributed by atoms with Crippen LogP contribution in [0.4, 0.5) is 0 Å². The van der Waals surface area contributed by atoms with Gasteiger partial charge in [0, 0.05) is 5.92 Å². The fourth-order valence-electron chi connectivity index (χ4n) is 5.75. The second kappa shape index (κ2) is 3.11. The first-order chi connectivity index (χ1) is 7.52. The van der Waals surface area contributed by atoms with Gasteiger partial charge in [-0.2, -0.15) is 0 Å². The van der Waals surface area contributed by atoms with Crippen LogP contribution in [-0.2, 0) is 4.79 Å². The van der Waals surface area contributed by atoms with Gasteiger partial charge in [0.25, 0.3) is 0 Å². The molecule has 90 valence electrons. The van der Waals surface area contributed by atoms with Crippen molar-refractivity contribution < 1.29 is 4.79 Å². The van der Waals surface area contributed by atoms with E-state index in [-0.39, 0.29) is 0 Å². The maximum absolute atomic E-state index is 11.2. The zero-order valence-corrected chi connectivity index (χ0v) is 10.8. The summed E-state index contributed by atoms with van der Waals surface area (Å²) in [6, 6.07) is 0. The second-order valence-corrected chi connectivity index (χ2v) is 7.23. The highest BCUT2D eigenvalue weighted by molar-refractivity contribution is 5.55. The van der Waals surface area contributed by atoms with E-state index >= 15 is 0 Å². The molecule has 0 heterocycles. The van der Waals surface area contributed by atoms with Crippen LogP contribution < -0.4 is 0 Å². The van der Waals surface area contributed by atoms with E-state index in [2.05, 4.69) is 20.8 Å². The van der Waals surface area contributed by atoms with Crippen molar-refractivity contribution in [2.45, 2.75) is 52.9 Å². The molecular formula is C15H24O. The Labute approximate surface area is 99.0 Å². The molecule has 3 fully saturated rings. The van der Waals surface area contributed by atoms with Crippen LogP contribution in [-0.4, -0.2) is 6.29 Å². The Morgan fingerprint density at radius 3 is 2.62 bits per heavy atom. The van der Waals surface area contributed by atoms with Crippen molar-refractivity contribution in [2.75, 3.05) is 0 Å². The average molecular weight is 220 g/mol. The van der Waals surface area contributed by atoms with Crippen LogP contribution in [0.1, 0.15) is 52.9 Å². The molecule has 1 spiro atoms. The third-order valence-corrected chi connectivity index (χ3v) is 6.65. The van der Waals surface area contributed by atoms with Gasteiger partial charge in [0.1, 0.15) is 6.29 Å². The van der Waals surface area contributed by atoms with Crippen molar-refractivity contribution in [2.24, 2.45) is 34.5 Å². The van der Waals surface area contributed by atoms with E-state index in [9.17, 15) is 4.79 Å². The topological polar surface area (TPSA) is 17.1 Å². The highest BCUT2D eigenvalue weighted by Crippen LogP contribution is 2.72. The standard InChI is InChI=1S/C15H24O/c1-10-4-5-13-14(2,3)12-8-15(10,13)7-6-11(12)9-16/h9-13H,4-8H2,1-3H3/t10?,11?,12-,13-,15-/m0/s1. The van der Waals surface area contributed by atoms with E-state index in [0.717, 1.165) is 11.8 Å². The van der Waals surface area contributed by atoms with E-state index in [1.807, 2.05) is 0 Å². The third kappa shape index (κ3) is 1.05. The van der Waals surface area contributed by atoms with Crippen LogP contribution >= 0.6 is 0 Å². The van der Waals surface area contributed by atoms with Gasteiger partial charge in [0.2, 0.25) is 0 Å². The molecule has 2 bridgehead atoms. The summed E-state index contributed by atoms with van der Waals surface area (Å²) in [4.78, 5) is 11.2. The van der Waals surface area contributed by atoms with Crippen molar-refractivity contribution in [3.63, 3.8) is 0 Å². The lowest BCUT2D eigenvalue weighted by Crippen LogP contribution is -2.32. The SMILES string of the molecule is CC1CC[C@H]2C(C)(C)[C@H]3C[C@@]12CCC3C=O. The van der Waals surface area contributed by atoms with Gasteiger partial charge in [-0.3, -0.25) is 0 Å². The number of carbonyl (C=O) groups is 1. The Bertz CT molecular complexity index is 319. The smallest absolute Gasteiger partial charge is 0.123 e. The fraction of sp³-hybridized carbons (Fsp3) is 0.933. The molecule has 0 aromatic carbocycles. The van der Waals surface area contributed by atoms with E-state index in [1.165, 1.54) is 38.4 Å². The Morgan fingerprint density at radius 2 is 1.94 bits per heavy atom. The normalized spacial score (nSPS) is 53.7. The highest BCUT2D eigenvalue weighted by Gasteiger charge is 2.65. The van der Waals surface area contributed by atoms with E-state index in [0.29, 0.717) is 22.7 Å². The molecule has 1 heteroatoms. The Hall–Kier alpha value is -0.330. The molecule has 3 aliphatic rings. The molecule has 0 radical (unpaired) electrons. The maximum Gasteiger partial charge on any atom is 0.123 e. The van der Waals surface area contributed by atoms with Crippen LogP contribution in [0.25, 0.3) is 0 Å². The number of carbonyl (C=O) groups excluding carboxylic acids is 1. The fourth-order valence-corrected chi connectivity index (χ4v) is 5.75. The predicted octanol–water partition coefficient (Wildman–Crippen LogP) is 3.67. The molecule has 2 unspecified atom stereocenters. The van der Waals surface area contributed by atoms with Crippen LogP contribution in [0.3, 0.4) is 0 Å². The molecule has 3 rings (SSSR count). The van der Waals surface area contributed by atoms with E-state index in [1.54, 1.807) is 0 Å². The highest BCUT2D eigenvalue weighted by atomic mass is 16.1. The summed E-state index contributed by atoms with van der Waals surface area (Å²) in [5.74, 6) is 2.82. The summed E-state index contributed by atoms with van der Waals surface area (Å²) in [7, 11) is 0. The monoisotopic (exact) mass is 220 g/mol. The summed E-state index contributed by atoms with van der Waals surface area (Å²) >= 11 is 0. The Kier molecular flexibility index (Phi) is 2.10. The molecule has 1 nitrogen and oxygen atoms in total. The van der Waals surface area contributed by atoms with Gasteiger partial charge >= 0.3 is 0 Å². The Morgan fingerprint density at radius 1 is 1.19 bits per heavy atom. The largest absolute Gasteiger partial charge is 0.303 e. The summed E-state index contributed by atoms with van der Waals surface area (Å²) < 4.78 is 0. The number of hydrogen-bond acceptors (Lipinski definition) is 1. The van der Waals surface area contributed by atoms with Crippen LogP contribution in [0, 0.1) is 34.5 Å². The minimum Gasteiger partial charge on any atom is -0.303 e. The zero-order chi connectivity index (χ0) is 11.6. The van der Waals surface area contributed by atoms with Crippen LogP contribution in [0.15, 0.2) is 0 Å². The first-order valence-corrected chi connectivity index (χ1v) is 6.97. The van der Waals surface area contributed by atoms with Gasteiger partial charge in [-0.15, -0.1) is 0 Å². The molecule has 0 amide bonds. The lowest BCUT2D eigenvalue weighted by molar-refractivity contribution is -0.115. The van der Waals surface area contributed by atoms with Crippen molar-refractivity contribution in [1.29, 1.82) is 0 Å². The molecule has 3 saturated carbocycles. The zero-order valence-electron chi connectivity index (χ0n) is 10.8. The molecule has 3 aliphatic carbocycles. The van der Waals surface area contributed by atoms with Gasteiger partial charge in [0.05, 0.1) is 0 Å². The minimum absolute atomic E-state index is 0.360. The van der Waals surface area contributed by atoms with E-state index in [4.69, 9.17) is 0 Å². The molecule has 5 atom stereocenters. The van der Waals surface area contributed by atoms with Crippen molar-refractivity contribution in [3.8, 4) is 0 Å². The first-order valence-electron chi connectivity index (χ1n) is 6.97. The third-order valence-electron chi connectivity index (χ3n) is 6.65. The molecular weight excluding hydrogens is 196 g/mol. The number of fused-ring (bicyclic) bond motifs is 1. The van der Waals surface area contributed by atoms with Gasteiger partial charge in [0.15, 0.2) is 0 Å². The summed E-state index contributed by atoms with van der Waals surface area (Å²) in [5.41, 5.74) is 1.03. The van der Waals surface area contributed by atoms with E-state index < -0.39 is 0 Å². The lowest BCUT2D eigenvalue weighted by Gasteiger charge is -2.39. The number of rotatable bonds is 1. The molecule has 0 aliphatic heterocycles. The quantitative estimate of drug-likeness (QED) is 0.616. The second-order valence-electron chi connectivity index (χ2n) is 7.23. The molecule has 0 N–H and O–H groups in total. The average Bonchev–Trinajstić information content (AvgIpc) is 2.65. The predicted molar refractivity (Wildman–Crippen MR) is 65.0 cm³/mol.